The van der Waals surface area contributed by atoms with Crippen molar-refractivity contribution in [3.8, 4) is 0 Å². The van der Waals surface area contributed by atoms with Crippen LogP contribution in [-0.2, 0) is 16.1 Å². The maximum absolute atomic E-state index is 6.07. The summed E-state index contributed by atoms with van der Waals surface area (Å²) in [6.45, 7) is 2.95. The van der Waals surface area contributed by atoms with Gasteiger partial charge < -0.3 is 14.4 Å². The van der Waals surface area contributed by atoms with Crippen LogP contribution in [0.4, 0.5) is 5.82 Å². The Labute approximate surface area is 139 Å². The van der Waals surface area contributed by atoms with Gasteiger partial charge in [0.05, 0.1) is 38.2 Å². The summed E-state index contributed by atoms with van der Waals surface area (Å²) in [4.78, 5) is 15.3. The molecule has 2 aliphatic rings. The van der Waals surface area contributed by atoms with Gasteiger partial charge in [0, 0.05) is 36.4 Å². The van der Waals surface area contributed by atoms with Gasteiger partial charge in [-0.1, -0.05) is 0 Å². The second kappa shape index (κ2) is 6.90. The van der Waals surface area contributed by atoms with Crippen molar-refractivity contribution in [2.45, 2.75) is 31.6 Å². The van der Waals surface area contributed by atoms with E-state index in [0.717, 1.165) is 43.4 Å². The molecule has 0 N–H and O–H groups in total. The Balaban J connectivity index is 1.37. The molecule has 0 spiro atoms. The third-order valence-corrected chi connectivity index (χ3v) is 5.36. The molecule has 122 valence electrons. The highest BCUT2D eigenvalue weighted by molar-refractivity contribution is 7.09. The van der Waals surface area contributed by atoms with Crippen molar-refractivity contribution in [3.63, 3.8) is 0 Å². The van der Waals surface area contributed by atoms with E-state index in [2.05, 4.69) is 19.9 Å². The lowest BCUT2D eigenvalue weighted by Crippen LogP contribution is -2.51. The number of hydrogen-bond acceptors (Lipinski definition) is 7. The molecule has 1 aliphatic carbocycles. The van der Waals surface area contributed by atoms with Crippen LogP contribution in [0, 0.1) is 5.92 Å². The minimum Gasteiger partial charge on any atom is -0.374 e. The molecule has 2 fully saturated rings. The molecule has 0 radical (unpaired) electrons. The number of anilines is 1. The number of nitrogens with zero attached hydrogens (tertiary/aromatic N) is 4. The minimum atomic E-state index is 0.224. The van der Waals surface area contributed by atoms with Crippen molar-refractivity contribution in [1.29, 1.82) is 0 Å². The SMILES string of the molecule is c1cnc(N2CCOC3C(COCc4nccs4)CCC32)cn1. The number of fused-ring (bicyclic) bond motifs is 1. The molecule has 1 aliphatic heterocycles. The molecule has 6 nitrogen and oxygen atoms in total. The lowest BCUT2D eigenvalue weighted by molar-refractivity contribution is -0.0309. The third kappa shape index (κ3) is 3.22. The van der Waals surface area contributed by atoms with Gasteiger partial charge >= 0.3 is 0 Å². The molecule has 3 atom stereocenters. The molecule has 1 saturated heterocycles. The standard InChI is InChI=1S/C16H20N4O2S/c1-2-13-16(12(1)10-21-11-15-19-5-8-23-15)22-7-6-20(13)14-9-17-3-4-18-14/h3-5,8-9,12-13,16H,1-2,6-7,10-11H2. The van der Waals surface area contributed by atoms with Gasteiger partial charge in [-0.2, -0.15) is 0 Å². The zero-order valence-corrected chi connectivity index (χ0v) is 13.7. The van der Waals surface area contributed by atoms with Crippen LogP contribution >= 0.6 is 11.3 Å². The predicted octanol–water partition coefficient (Wildman–Crippen LogP) is 2.13. The van der Waals surface area contributed by atoms with Crippen LogP contribution in [0.2, 0.25) is 0 Å². The van der Waals surface area contributed by atoms with E-state index < -0.39 is 0 Å². The molecule has 2 aromatic rings. The Morgan fingerprint density at radius 3 is 3.09 bits per heavy atom. The second-order valence-corrected chi connectivity index (χ2v) is 6.92. The Morgan fingerprint density at radius 1 is 1.26 bits per heavy atom. The lowest BCUT2D eigenvalue weighted by atomic mass is 10.0. The summed E-state index contributed by atoms with van der Waals surface area (Å²) in [6.07, 6.45) is 9.60. The molecular weight excluding hydrogens is 312 g/mol. The van der Waals surface area contributed by atoms with Crippen molar-refractivity contribution < 1.29 is 9.47 Å². The van der Waals surface area contributed by atoms with E-state index in [1.54, 1.807) is 23.7 Å². The smallest absolute Gasteiger partial charge is 0.147 e. The monoisotopic (exact) mass is 332 g/mol. The second-order valence-electron chi connectivity index (χ2n) is 5.94. The number of ether oxygens (including phenoxy) is 2. The molecular formula is C16H20N4O2S. The van der Waals surface area contributed by atoms with Crippen LogP contribution < -0.4 is 4.90 Å². The molecule has 23 heavy (non-hydrogen) atoms. The number of aromatic nitrogens is 3. The van der Waals surface area contributed by atoms with Gasteiger partial charge in [0.25, 0.3) is 0 Å². The maximum Gasteiger partial charge on any atom is 0.147 e. The van der Waals surface area contributed by atoms with E-state index >= 15 is 0 Å². The Bertz CT molecular complexity index is 610. The van der Waals surface area contributed by atoms with E-state index in [9.17, 15) is 0 Å². The summed E-state index contributed by atoms with van der Waals surface area (Å²) in [5.41, 5.74) is 0. The average Bonchev–Trinajstić information content (AvgIpc) is 3.26. The van der Waals surface area contributed by atoms with Crippen LogP contribution in [0.1, 0.15) is 17.8 Å². The molecule has 3 heterocycles. The van der Waals surface area contributed by atoms with Gasteiger partial charge in [0.15, 0.2) is 0 Å². The van der Waals surface area contributed by atoms with Crippen molar-refractivity contribution in [1.82, 2.24) is 15.0 Å². The van der Waals surface area contributed by atoms with Crippen molar-refractivity contribution in [2.75, 3.05) is 24.7 Å². The number of rotatable bonds is 5. The predicted molar refractivity (Wildman–Crippen MR) is 87.4 cm³/mol. The molecule has 2 aromatic heterocycles. The van der Waals surface area contributed by atoms with Crippen molar-refractivity contribution >= 4 is 17.2 Å². The Hall–Kier alpha value is -1.57. The van der Waals surface area contributed by atoms with E-state index in [4.69, 9.17) is 9.47 Å². The van der Waals surface area contributed by atoms with Crippen molar-refractivity contribution in [3.05, 3.63) is 35.2 Å². The molecule has 0 amide bonds. The van der Waals surface area contributed by atoms with Gasteiger partial charge in [-0.3, -0.25) is 4.98 Å². The summed E-state index contributed by atoms with van der Waals surface area (Å²) < 4.78 is 11.9. The molecule has 0 bridgehead atoms. The Kier molecular flexibility index (Phi) is 4.50. The molecule has 7 heteroatoms. The largest absolute Gasteiger partial charge is 0.374 e. The highest BCUT2D eigenvalue weighted by Crippen LogP contribution is 2.36. The quantitative estimate of drug-likeness (QED) is 0.836. The van der Waals surface area contributed by atoms with Gasteiger partial charge in [-0.15, -0.1) is 11.3 Å². The summed E-state index contributed by atoms with van der Waals surface area (Å²) >= 11 is 1.64. The van der Waals surface area contributed by atoms with Crippen LogP contribution in [-0.4, -0.2) is 46.9 Å². The lowest BCUT2D eigenvalue weighted by Gasteiger charge is -2.39. The first-order valence-corrected chi connectivity index (χ1v) is 8.90. The summed E-state index contributed by atoms with van der Waals surface area (Å²) in [7, 11) is 0. The normalized spacial score (nSPS) is 27.1. The van der Waals surface area contributed by atoms with Gasteiger partial charge in [-0.05, 0) is 12.8 Å². The topological polar surface area (TPSA) is 60.4 Å². The summed E-state index contributed by atoms with van der Waals surface area (Å²) in [5.74, 6) is 1.40. The van der Waals surface area contributed by atoms with Gasteiger partial charge in [0.1, 0.15) is 10.8 Å². The fourth-order valence-corrected chi connectivity index (χ4v) is 4.14. The molecule has 3 unspecified atom stereocenters. The van der Waals surface area contributed by atoms with Crippen LogP contribution in [0.3, 0.4) is 0 Å². The average molecular weight is 332 g/mol. The minimum absolute atomic E-state index is 0.224. The number of thiazole rings is 1. The first-order valence-electron chi connectivity index (χ1n) is 8.02. The zero-order chi connectivity index (χ0) is 15.5. The fourth-order valence-electron chi connectivity index (χ4n) is 3.58. The molecule has 4 rings (SSSR count). The maximum atomic E-state index is 6.07. The summed E-state index contributed by atoms with van der Waals surface area (Å²) in [6, 6.07) is 0.383. The van der Waals surface area contributed by atoms with Crippen LogP contribution in [0.5, 0.6) is 0 Å². The van der Waals surface area contributed by atoms with Crippen LogP contribution in [0.15, 0.2) is 30.2 Å². The van der Waals surface area contributed by atoms with E-state index in [-0.39, 0.29) is 6.10 Å². The molecule has 0 aromatic carbocycles. The molecule has 1 saturated carbocycles. The van der Waals surface area contributed by atoms with Crippen molar-refractivity contribution in [2.24, 2.45) is 5.92 Å². The van der Waals surface area contributed by atoms with Gasteiger partial charge in [-0.25, -0.2) is 9.97 Å². The van der Waals surface area contributed by atoms with E-state index in [0.29, 0.717) is 18.6 Å². The zero-order valence-electron chi connectivity index (χ0n) is 12.9. The van der Waals surface area contributed by atoms with E-state index in [1.165, 1.54) is 0 Å². The first-order chi connectivity index (χ1) is 11.4. The third-order valence-electron chi connectivity index (χ3n) is 4.60. The van der Waals surface area contributed by atoms with Gasteiger partial charge in [0.2, 0.25) is 0 Å². The summed E-state index contributed by atoms with van der Waals surface area (Å²) in [5, 5.41) is 3.01. The number of hydrogen-bond donors (Lipinski definition) is 0. The fraction of sp³-hybridized carbons (Fsp3) is 0.562. The highest BCUT2D eigenvalue weighted by Gasteiger charge is 2.43. The highest BCUT2D eigenvalue weighted by atomic mass is 32.1. The number of morpholine rings is 1. The first kappa shape index (κ1) is 15.0. The van der Waals surface area contributed by atoms with E-state index in [1.807, 2.05) is 17.8 Å². The van der Waals surface area contributed by atoms with Crippen LogP contribution in [0.25, 0.3) is 0 Å². The Morgan fingerprint density at radius 2 is 2.26 bits per heavy atom.